The van der Waals surface area contributed by atoms with Gasteiger partial charge in [0.05, 0.1) is 0 Å². The molecule has 1 heterocycles. The first-order chi connectivity index (χ1) is 8.88. The number of hydrogen-bond donors (Lipinski definition) is 1. The number of fused-ring (bicyclic) bond motifs is 3. The molecule has 0 bridgehead atoms. The van der Waals surface area contributed by atoms with E-state index in [0.29, 0.717) is 0 Å². The number of nitrogens with one attached hydrogen (secondary N) is 1. The summed E-state index contributed by atoms with van der Waals surface area (Å²) in [7, 11) is 0. The van der Waals surface area contributed by atoms with Crippen LogP contribution in [0.1, 0.15) is 5.56 Å². The molecule has 0 unspecified atom stereocenters. The maximum Gasteiger partial charge on any atom is 0.110 e. The van der Waals surface area contributed by atoms with Crippen molar-refractivity contribution in [3.63, 3.8) is 0 Å². The highest BCUT2D eigenvalue weighted by molar-refractivity contribution is 6.08. The van der Waals surface area contributed by atoms with Crippen molar-refractivity contribution in [2.45, 2.75) is 6.42 Å². The molecule has 0 radical (unpaired) electrons. The number of allylic oxidation sites excluding steroid dienone is 2. The van der Waals surface area contributed by atoms with Gasteiger partial charge in [-0.2, -0.15) is 0 Å². The van der Waals surface area contributed by atoms with E-state index in [1.165, 1.54) is 22.0 Å². The van der Waals surface area contributed by atoms with Crippen LogP contribution in [0.25, 0.3) is 10.8 Å². The standard InChI is InChI=1S/C16H14N2/c1-2-3-10-17-16-11-14-13-7-5-4-6-12(13)8-9-15(14)18-16/h2-10H,1,11H2,(H,17,18)/b10-3-. The molecule has 3 rings (SSSR count). The van der Waals surface area contributed by atoms with Gasteiger partial charge in [-0.05, 0) is 28.5 Å². The van der Waals surface area contributed by atoms with Gasteiger partial charge in [0.2, 0.25) is 0 Å². The monoisotopic (exact) mass is 234 g/mol. The van der Waals surface area contributed by atoms with E-state index in [2.05, 4.69) is 53.3 Å². The van der Waals surface area contributed by atoms with Crippen LogP contribution in [-0.4, -0.2) is 5.84 Å². The van der Waals surface area contributed by atoms with Gasteiger partial charge in [-0.15, -0.1) is 0 Å². The number of hydrogen-bond acceptors (Lipinski definition) is 1. The fourth-order valence-corrected chi connectivity index (χ4v) is 2.28. The van der Waals surface area contributed by atoms with Gasteiger partial charge in [0.15, 0.2) is 0 Å². The lowest BCUT2D eigenvalue weighted by molar-refractivity contribution is 1.40. The highest BCUT2D eigenvalue weighted by Crippen LogP contribution is 2.31. The molecule has 0 aliphatic carbocycles. The van der Waals surface area contributed by atoms with Gasteiger partial charge >= 0.3 is 0 Å². The summed E-state index contributed by atoms with van der Waals surface area (Å²) >= 11 is 0. The van der Waals surface area contributed by atoms with Gasteiger partial charge in [0, 0.05) is 18.3 Å². The zero-order valence-corrected chi connectivity index (χ0v) is 10.1. The molecule has 2 nitrogen and oxygen atoms in total. The van der Waals surface area contributed by atoms with Crippen molar-refractivity contribution in [2.24, 2.45) is 4.99 Å². The number of benzene rings is 2. The summed E-state index contributed by atoms with van der Waals surface area (Å²) in [5, 5.41) is 5.93. The van der Waals surface area contributed by atoms with Crippen LogP contribution in [0.5, 0.6) is 0 Å². The van der Waals surface area contributed by atoms with Crippen LogP contribution in [0, 0.1) is 0 Å². The van der Waals surface area contributed by atoms with Crippen LogP contribution in [0.15, 0.2) is 66.3 Å². The van der Waals surface area contributed by atoms with Crippen molar-refractivity contribution in [2.75, 3.05) is 5.32 Å². The Balaban J connectivity index is 2.02. The van der Waals surface area contributed by atoms with E-state index in [-0.39, 0.29) is 0 Å². The minimum atomic E-state index is 0.859. The molecule has 2 aromatic carbocycles. The summed E-state index contributed by atoms with van der Waals surface area (Å²) in [5.74, 6) is 0.986. The number of nitrogens with zero attached hydrogens (tertiary/aromatic N) is 1. The van der Waals surface area contributed by atoms with E-state index in [4.69, 9.17) is 0 Å². The van der Waals surface area contributed by atoms with Crippen molar-refractivity contribution in [3.8, 4) is 0 Å². The molecular formula is C16H14N2. The van der Waals surface area contributed by atoms with Gasteiger partial charge in [-0.3, -0.25) is 0 Å². The summed E-state index contributed by atoms with van der Waals surface area (Å²) in [5.41, 5.74) is 2.50. The largest absolute Gasteiger partial charge is 0.343 e. The van der Waals surface area contributed by atoms with E-state index in [9.17, 15) is 0 Å². The number of amidine groups is 1. The zero-order valence-electron chi connectivity index (χ0n) is 10.1. The molecule has 1 N–H and O–H groups in total. The summed E-state index contributed by atoms with van der Waals surface area (Å²) < 4.78 is 0. The predicted octanol–water partition coefficient (Wildman–Crippen LogP) is 3.91. The molecular weight excluding hydrogens is 220 g/mol. The van der Waals surface area contributed by atoms with Crippen LogP contribution >= 0.6 is 0 Å². The number of rotatable bonds is 2. The lowest BCUT2D eigenvalue weighted by Crippen LogP contribution is -2.04. The average molecular weight is 234 g/mol. The van der Waals surface area contributed by atoms with Crippen LogP contribution in [0.2, 0.25) is 0 Å². The van der Waals surface area contributed by atoms with Gasteiger partial charge in [-0.1, -0.05) is 43.0 Å². The lowest BCUT2D eigenvalue weighted by Gasteiger charge is -2.03. The quantitative estimate of drug-likeness (QED) is 0.783. The fraction of sp³-hybridized carbons (Fsp3) is 0.0625. The third-order valence-electron chi connectivity index (χ3n) is 3.12. The molecule has 0 fully saturated rings. The minimum Gasteiger partial charge on any atom is -0.343 e. The molecule has 88 valence electrons. The van der Waals surface area contributed by atoms with Crippen molar-refractivity contribution in [1.29, 1.82) is 0 Å². The molecule has 1 aliphatic heterocycles. The average Bonchev–Trinajstić information content (AvgIpc) is 2.82. The Bertz CT molecular complexity index is 666. The smallest absolute Gasteiger partial charge is 0.110 e. The lowest BCUT2D eigenvalue weighted by atomic mass is 10.0. The molecule has 0 saturated carbocycles. The second kappa shape index (κ2) is 4.49. The van der Waals surface area contributed by atoms with Crippen LogP contribution in [-0.2, 0) is 6.42 Å². The topological polar surface area (TPSA) is 24.4 Å². The van der Waals surface area contributed by atoms with Gasteiger partial charge < -0.3 is 5.32 Å². The Hall–Kier alpha value is -2.35. The first-order valence-electron chi connectivity index (χ1n) is 6.00. The normalized spacial score (nSPS) is 16.1. The Labute approximate surface area is 106 Å². The molecule has 18 heavy (non-hydrogen) atoms. The number of anilines is 1. The summed E-state index contributed by atoms with van der Waals surface area (Å²) in [6, 6.07) is 12.7. The van der Waals surface area contributed by atoms with Gasteiger partial charge in [0.25, 0.3) is 0 Å². The minimum absolute atomic E-state index is 0.859. The Morgan fingerprint density at radius 1 is 1.17 bits per heavy atom. The third-order valence-corrected chi connectivity index (χ3v) is 3.12. The van der Waals surface area contributed by atoms with E-state index in [1.807, 2.05) is 6.08 Å². The summed E-state index contributed by atoms with van der Waals surface area (Å²) in [6.07, 6.45) is 6.18. The van der Waals surface area contributed by atoms with Crippen LogP contribution < -0.4 is 5.32 Å². The SMILES string of the molecule is C=C/C=C\N=C1/Cc2c(ccc3ccccc23)N1. The zero-order chi connectivity index (χ0) is 12.4. The van der Waals surface area contributed by atoms with Crippen LogP contribution in [0.4, 0.5) is 5.69 Å². The molecule has 0 amide bonds. The van der Waals surface area contributed by atoms with E-state index in [0.717, 1.165) is 12.3 Å². The van der Waals surface area contributed by atoms with Crippen molar-refractivity contribution in [1.82, 2.24) is 0 Å². The first-order valence-corrected chi connectivity index (χ1v) is 6.00. The molecule has 0 atom stereocenters. The first kappa shape index (κ1) is 10.8. The maximum atomic E-state index is 4.39. The summed E-state index contributed by atoms with van der Waals surface area (Å²) in [6.45, 7) is 3.63. The van der Waals surface area contributed by atoms with Gasteiger partial charge in [0.1, 0.15) is 5.84 Å². The van der Waals surface area contributed by atoms with Crippen molar-refractivity contribution >= 4 is 22.3 Å². The highest BCUT2D eigenvalue weighted by atomic mass is 15.0. The second-order valence-electron chi connectivity index (χ2n) is 4.27. The van der Waals surface area contributed by atoms with Crippen molar-refractivity contribution < 1.29 is 0 Å². The Morgan fingerprint density at radius 3 is 2.94 bits per heavy atom. The van der Waals surface area contributed by atoms with Gasteiger partial charge in [-0.25, -0.2) is 4.99 Å². The van der Waals surface area contributed by atoms with E-state index < -0.39 is 0 Å². The fourth-order valence-electron chi connectivity index (χ4n) is 2.28. The highest BCUT2D eigenvalue weighted by Gasteiger charge is 2.17. The molecule has 2 heteroatoms. The molecule has 0 saturated heterocycles. The molecule has 1 aliphatic rings. The third kappa shape index (κ3) is 1.82. The van der Waals surface area contributed by atoms with Crippen LogP contribution in [0.3, 0.4) is 0 Å². The number of aliphatic imine (C=N–C) groups is 1. The Morgan fingerprint density at radius 2 is 2.06 bits per heavy atom. The van der Waals surface area contributed by atoms with Crippen molar-refractivity contribution in [3.05, 3.63) is 66.9 Å². The second-order valence-corrected chi connectivity index (χ2v) is 4.27. The van der Waals surface area contributed by atoms with E-state index >= 15 is 0 Å². The maximum absolute atomic E-state index is 4.39. The summed E-state index contributed by atoms with van der Waals surface area (Å²) in [4.78, 5) is 4.39. The van der Waals surface area contributed by atoms with E-state index in [1.54, 1.807) is 12.3 Å². The molecule has 0 spiro atoms. The predicted molar refractivity (Wildman–Crippen MR) is 78.0 cm³/mol. The Kier molecular flexibility index (Phi) is 2.69. The molecule has 0 aromatic heterocycles. The molecule has 2 aromatic rings.